The molecule has 1 aliphatic carbocycles. The molecule has 0 saturated heterocycles. The van der Waals surface area contributed by atoms with Gasteiger partial charge in [0, 0.05) is 16.8 Å². The Morgan fingerprint density at radius 2 is 2.19 bits per heavy atom. The molecule has 1 fully saturated rings. The molecule has 3 nitrogen and oxygen atoms in total. The smallest absolute Gasteiger partial charge is 0.210 e. The van der Waals surface area contributed by atoms with E-state index in [2.05, 4.69) is 20.7 Å². The third-order valence-corrected chi connectivity index (χ3v) is 6.94. The maximum absolute atomic E-state index is 11.9. The summed E-state index contributed by atoms with van der Waals surface area (Å²) in [5, 5.41) is 0.867. The van der Waals surface area contributed by atoms with Crippen molar-refractivity contribution in [3.05, 3.63) is 17.0 Å². The molecule has 0 unspecified atom stereocenters. The number of rotatable bonds is 5. The molecular weight excluding hydrogens is 310 g/mol. The van der Waals surface area contributed by atoms with E-state index >= 15 is 0 Å². The van der Waals surface area contributed by atoms with Crippen molar-refractivity contribution >= 4 is 37.3 Å². The van der Waals surface area contributed by atoms with Crippen molar-refractivity contribution < 1.29 is 8.42 Å². The van der Waals surface area contributed by atoms with Gasteiger partial charge in [-0.3, -0.25) is 0 Å². The summed E-state index contributed by atoms with van der Waals surface area (Å²) >= 11 is 4.74. The fourth-order valence-electron chi connectivity index (χ4n) is 1.41. The van der Waals surface area contributed by atoms with Gasteiger partial charge in [0.2, 0.25) is 10.0 Å². The highest BCUT2D eigenvalue weighted by molar-refractivity contribution is 9.09. The fraction of sp³-hybridized carbons (Fsp3) is 0.600. The van der Waals surface area contributed by atoms with Crippen molar-refractivity contribution in [3.63, 3.8) is 0 Å². The van der Waals surface area contributed by atoms with E-state index in [0.717, 1.165) is 23.0 Å². The van der Waals surface area contributed by atoms with E-state index in [1.165, 1.54) is 11.3 Å². The molecule has 6 heteroatoms. The normalized spacial score (nSPS) is 18.6. The van der Waals surface area contributed by atoms with Gasteiger partial charge in [0.1, 0.15) is 4.21 Å². The molecule has 0 bridgehead atoms. The molecule has 1 N–H and O–H groups in total. The molecule has 0 atom stereocenters. The number of hydrogen-bond acceptors (Lipinski definition) is 3. The van der Waals surface area contributed by atoms with E-state index in [-0.39, 0.29) is 5.41 Å². The number of hydrogen-bond donors (Lipinski definition) is 1. The zero-order valence-corrected chi connectivity index (χ0v) is 12.2. The van der Waals surface area contributed by atoms with Crippen molar-refractivity contribution in [2.45, 2.75) is 24.0 Å². The lowest BCUT2D eigenvalue weighted by molar-refractivity contribution is 0.539. The van der Waals surface area contributed by atoms with Gasteiger partial charge in [0.25, 0.3) is 0 Å². The Labute approximate surface area is 108 Å². The van der Waals surface area contributed by atoms with Gasteiger partial charge >= 0.3 is 0 Å². The van der Waals surface area contributed by atoms with Gasteiger partial charge in [-0.05, 0) is 37.3 Å². The zero-order chi connectivity index (χ0) is 11.8. The molecule has 1 aliphatic rings. The maximum atomic E-state index is 11.9. The number of thiophene rings is 1. The highest BCUT2D eigenvalue weighted by Crippen LogP contribution is 2.46. The van der Waals surface area contributed by atoms with Crippen LogP contribution in [0.1, 0.15) is 17.7 Å². The van der Waals surface area contributed by atoms with Crippen LogP contribution in [-0.2, 0) is 10.0 Å². The first-order chi connectivity index (χ1) is 7.47. The Balaban J connectivity index is 2.04. The average molecular weight is 324 g/mol. The van der Waals surface area contributed by atoms with Crippen LogP contribution in [0, 0.1) is 12.3 Å². The molecule has 0 aliphatic heterocycles. The largest absolute Gasteiger partial charge is 0.250 e. The minimum atomic E-state index is -3.30. The predicted octanol–water partition coefficient (Wildman–Crippen LogP) is 2.51. The third-order valence-electron chi connectivity index (χ3n) is 2.86. The quantitative estimate of drug-likeness (QED) is 0.846. The van der Waals surface area contributed by atoms with Crippen molar-refractivity contribution in [3.8, 4) is 0 Å². The van der Waals surface area contributed by atoms with Gasteiger partial charge in [-0.15, -0.1) is 11.3 Å². The van der Waals surface area contributed by atoms with E-state index in [0.29, 0.717) is 10.8 Å². The van der Waals surface area contributed by atoms with Crippen LogP contribution in [0.25, 0.3) is 0 Å². The van der Waals surface area contributed by atoms with Crippen LogP contribution in [0.5, 0.6) is 0 Å². The lowest BCUT2D eigenvalue weighted by Gasteiger charge is -2.11. The number of halogens is 1. The first-order valence-electron chi connectivity index (χ1n) is 5.10. The summed E-state index contributed by atoms with van der Waals surface area (Å²) in [5.41, 5.74) is 0.166. The average Bonchev–Trinajstić information content (AvgIpc) is 2.91. The molecule has 1 aromatic rings. The molecule has 0 amide bonds. The maximum Gasteiger partial charge on any atom is 0.250 e. The topological polar surface area (TPSA) is 46.2 Å². The van der Waals surface area contributed by atoms with Crippen LogP contribution in [0.3, 0.4) is 0 Å². The highest BCUT2D eigenvalue weighted by Gasteiger charge is 2.42. The summed E-state index contributed by atoms with van der Waals surface area (Å²) in [6, 6.07) is 3.49. The summed E-state index contributed by atoms with van der Waals surface area (Å²) in [7, 11) is -3.30. The van der Waals surface area contributed by atoms with Gasteiger partial charge in [-0.1, -0.05) is 15.9 Å². The van der Waals surface area contributed by atoms with E-state index in [9.17, 15) is 8.42 Å². The summed E-state index contributed by atoms with van der Waals surface area (Å²) < 4.78 is 26.9. The molecule has 1 saturated carbocycles. The number of nitrogens with one attached hydrogen (secondary N) is 1. The van der Waals surface area contributed by atoms with Gasteiger partial charge in [0.15, 0.2) is 0 Å². The van der Waals surface area contributed by atoms with Crippen LogP contribution in [0.15, 0.2) is 16.3 Å². The molecule has 1 heterocycles. The molecule has 90 valence electrons. The summed E-state index contributed by atoms with van der Waals surface area (Å²) in [5.74, 6) is 0. The van der Waals surface area contributed by atoms with Crippen LogP contribution >= 0.6 is 27.3 Å². The summed E-state index contributed by atoms with van der Waals surface area (Å²) in [6.45, 7) is 2.45. The Morgan fingerprint density at radius 3 is 2.62 bits per heavy atom. The molecular formula is C10H14BrNO2S2. The molecule has 0 aromatic carbocycles. The fourth-order valence-corrected chi connectivity index (χ4v) is 4.65. The molecule has 0 spiro atoms. The third kappa shape index (κ3) is 2.67. The van der Waals surface area contributed by atoms with Crippen molar-refractivity contribution in [2.75, 3.05) is 11.9 Å². The molecule has 0 radical (unpaired) electrons. The van der Waals surface area contributed by atoms with E-state index in [1.807, 2.05) is 13.0 Å². The zero-order valence-electron chi connectivity index (χ0n) is 8.99. The van der Waals surface area contributed by atoms with Crippen molar-refractivity contribution in [1.82, 2.24) is 4.72 Å². The Hall–Kier alpha value is 0.0900. The minimum Gasteiger partial charge on any atom is -0.210 e. The molecule has 16 heavy (non-hydrogen) atoms. The van der Waals surface area contributed by atoms with Crippen molar-refractivity contribution in [2.24, 2.45) is 5.41 Å². The lowest BCUT2D eigenvalue weighted by atomic mass is 10.1. The Morgan fingerprint density at radius 1 is 1.50 bits per heavy atom. The van der Waals surface area contributed by atoms with Crippen LogP contribution in [0.4, 0.5) is 0 Å². The van der Waals surface area contributed by atoms with Crippen LogP contribution in [0.2, 0.25) is 0 Å². The molecule has 2 rings (SSSR count). The van der Waals surface area contributed by atoms with Gasteiger partial charge < -0.3 is 0 Å². The monoisotopic (exact) mass is 323 g/mol. The minimum absolute atomic E-state index is 0.166. The Kier molecular flexibility index (Phi) is 3.45. The van der Waals surface area contributed by atoms with E-state index < -0.39 is 10.0 Å². The van der Waals surface area contributed by atoms with E-state index in [1.54, 1.807) is 6.07 Å². The van der Waals surface area contributed by atoms with Crippen LogP contribution < -0.4 is 4.72 Å². The first-order valence-corrected chi connectivity index (χ1v) is 8.52. The van der Waals surface area contributed by atoms with Crippen molar-refractivity contribution in [1.29, 1.82) is 0 Å². The van der Waals surface area contributed by atoms with Gasteiger partial charge in [-0.25, -0.2) is 13.1 Å². The Bertz CT molecular complexity index is 477. The second kappa shape index (κ2) is 4.40. The van der Waals surface area contributed by atoms with Crippen LogP contribution in [-0.4, -0.2) is 20.3 Å². The highest BCUT2D eigenvalue weighted by atomic mass is 79.9. The summed E-state index contributed by atoms with van der Waals surface area (Å²) in [6.07, 6.45) is 2.20. The number of alkyl halides is 1. The number of sulfonamides is 1. The summed E-state index contributed by atoms with van der Waals surface area (Å²) in [4.78, 5) is 1.02. The van der Waals surface area contributed by atoms with Gasteiger partial charge in [0.05, 0.1) is 0 Å². The SMILES string of the molecule is Cc1ccc(S(=O)(=O)NCC2(CBr)CC2)s1. The predicted molar refractivity (Wildman–Crippen MR) is 69.7 cm³/mol. The second-order valence-electron chi connectivity index (χ2n) is 4.32. The van der Waals surface area contributed by atoms with E-state index in [4.69, 9.17) is 0 Å². The standard InChI is InChI=1S/C10H14BrNO2S2/c1-8-2-3-9(15-8)16(13,14)12-7-10(6-11)4-5-10/h2-3,12H,4-7H2,1H3. The lowest BCUT2D eigenvalue weighted by Crippen LogP contribution is -2.30. The second-order valence-corrected chi connectivity index (χ2v) is 8.17. The van der Waals surface area contributed by atoms with Gasteiger partial charge in [-0.2, -0.15) is 0 Å². The first kappa shape index (κ1) is 12.5. The molecule has 1 aromatic heterocycles. The number of aryl methyl sites for hydroxylation is 1.